The van der Waals surface area contributed by atoms with Gasteiger partial charge in [0.2, 0.25) is 5.91 Å². The van der Waals surface area contributed by atoms with Gasteiger partial charge >= 0.3 is 0 Å². The number of hydrogen-bond donors (Lipinski definition) is 3. The van der Waals surface area contributed by atoms with Gasteiger partial charge in [0.15, 0.2) is 0 Å². The molecule has 0 radical (unpaired) electrons. The van der Waals surface area contributed by atoms with Crippen LogP contribution in [0.15, 0.2) is 0 Å². The average molecular weight is 321 g/mol. The summed E-state index contributed by atoms with van der Waals surface area (Å²) in [5, 5.41) is 16.3. The Kier molecular flexibility index (Phi) is 11.1. The van der Waals surface area contributed by atoms with Crippen LogP contribution in [0.3, 0.4) is 0 Å². The van der Waals surface area contributed by atoms with Crippen molar-refractivity contribution in [3.05, 3.63) is 0 Å². The molecular weight excluding hydrogens is 288 g/mol. The van der Waals surface area contributed by atoms with E-state index in [1.165, 1.54) is 12.8 Å². The summed E-state index contributed by atoms with van der Waals surface area (Å²) in [5.74, 6) is 1.38. The second-order valence-electron chi connectivity index (χ2n) is 6.24. The van der Waals surface area contributed by atoms with E-state index in [1.54, 1.807) is 0 Å². The van der Waals surface area contributed by atoms with Crippen molar-refractivity contribution in [3.8, 4) is 0 Å². The van der Waals surface area contributed by atoms with Crippen LogP contribution in [-0.2, 0) is 4.79 Å². The van der Waals surface area contributed by atoms with Crippen molar-refractivity contribution >= 4 is 18.3 Å². The van der Waals surface area contributed by atoms with E-state index in [0.29, 0.717) is 24.8 Å². The summed E-state index contributed by atoms with van der Waals surface area (Å²) in [6.45, 7) is 8.85. The molecule has 0 saturated carbocycles. The summed E-state index contributed by atoms with van der Waals surface area (Å²) < 4.78 is 0. The highest BCUT2D eigenvalue weighted by Crippen LogP contribution is 2.22. The Hall–Kier alpha value is -0.320. The zero-order valence-electron chi connectivity index (χ0n) is 13.7. The number of halogens is 1. The van der Waals surface area contributed by atoms with Crippen molar-refractivity contribution < 1.29 is 9.90 Å². The highest BCUT2D eigenvalue weighted by atomic mass is 35.5. The molecule has 1 amide bonds. The van der Waals surface area contributed by atoms with E-state index in [-0.39, 0.29) is 24.2 Å². The summed E-state index contributed by atoms with van der Waals surface area (Å²) in [5.41, 5.74) is 0. The van der Waals surface area contributed by atoms with Gasteiger partial charge in [0.25, 0.3) is 0 Å². The monoisotopic (exact) mass is 320 g/mol. The van der Waals surface area contributed by atoms with Crippen LogP contribution < -0.4 is 10.6 Å². The van der Waals surface area contributed by atoms with Crippen LogP contribution in [0.5, 0.6) is 0 Å². The average Bonchev–Trinajstić information content (AvgIpc) is 2.47. The quantitative estimate of drug-likeness (QED) is 0.643. The predicted octanol–water partition coefficient (Wildman–Crippen LogP) is 2.35. The Bertz CT molecular complexity index is 279. The number of nitrogens with one attached hydrogen (secondary N) is 2. The number of carbonyl (C=O) groups is 1. The first-order valence-electron chi connectivity index (χ1n) is 8.23. The second-order valence-corrected chi connectivity index (χ2v) is 6.24. The SMILES string of the molecule is CCC(CC)C(O)CNC(=O)CC(C)C1CCCNC1.Cl. The minimum Gasteiger partial charge on any atom is -0.391 e. The first kappa shape index (κ1) is 20.7. The van der Waals surface area contributed by atoms with Crippen molar-refractivity contribution in [1.29, 1.82) is 0 Å². The maximum Gasteiger partial charge on any atom is 0.220 e. The molecule has 0 spiro atoms. The maximum absolute atomic E-state index is 12.0. The molecule has 1 heterocycles. The molecule has 1 fully saturated rings. The van der Waals surface area contributed by atoms with Crippen LogP contribution in [0.4, 0.5) is 0 Å². The minimum absolute atomic E-state index is 0. The van der Waals surface area contributed by atoms with Gasteiger partial charge < -0.3 is 15.7 Å². The number of carbonyl (C=O) groups excluding carboxylic acids is 1. The molecule has 4 nitrogen and oxygen atoms in total. The summed E-state index contributed by atoms with van der Waals surface area (Å²) in [6, 6.07) is 0. The molecule has 0 aromatic carbocycles. The van der Waals surface area contributed by atoms with Gasteiger partial charge in [0, 0.05) is 13.0 Å². The Morgan fingerprint density at radius 2 is 2.05 bits per heavy atom. The van der Waals surface area contributed by atoms with Crippen molar-refractivity contribution in [1.82, 2.24) is 10.6 Å². The third-order valence-corrected chi connectivity index (χ3v) is 4.75. The Morgan fingerprint density at radius 3 is 2.57 bits per heavy atom. The molecule has 126 valence electrons. The minimum atomic E-state index is -0.416. The van der Waals surface area contributed by atoms with Crippen LogP contribution in [0.2, 0.25) is 0 Å². The normalized spacial score (nSPS) is 21.5. The Labute approximate surface area is 135 Å². The van der Waals surface area contributed by atoms with Crippen LogP contribution >= 0.6 is 12.4 Å². The fourth-order valence-corrected chi connectivity index (χ4v) is 3.11. The van der Waals surface area contributed by atoms with Gasteiger partial charge in [0.1, 0.15) is 0 Å². The number of aliphatic hydroxyl groups excluding tert-OH is 1. The third-order valence-electron chi connectivity index (χ3n) is 4.75. The molecular formula is C16H33ClN2O2. The maximum atomic E-state index is 12.0. The van der Waals surface area contributed by atoms with Gasteiger partial charge in [-0.3, -0.25) is 4.79 Å². The Balaban J connectivity index is 0.00000400. The van der Waals surface area contributed by atoms with E-state index in [1.807, 2.05) is 0 Å². The van der Waals surface area contributed by atoms with Gasteiger partial charge in [-0.05, 0) is 43.7 Å². The Morgan fingerprint density at radius 1 is 1.38 bits per heavy atom. The molecule has 0 aromatic rings. The van der Waals surface area contributed by atoms with Crippen LogP contribution in [0.1, 0.15) is 52.9 Å². The van der Waals surface area contributed by atoms with Gasteiger partial charge in [-0.15, -0.1) is 12.4 Å². The number of rotatable bonds is 8. The standard InChI is InChI=1S/C16H32N2O2.ClH/c1-4-13(5-2)15(19)11-18-16(20)9-12(3)14-7-6-8-17-10-14;/h12-15,17,19H,4-11H2,1-3H3,(H,18,20);1H. The summed E-state index contributed by atoms with van der Waals surface area (Å²) in [6.07, 6.45) is 4.50. The third kappa shape index (κ3) is 7.48. The fraction of sp³-hybridized carbons (Fsp3) is 0.938. The summed E-state index contributed by atoms with van der Waals surface area (Å²) >= 11 is 0. The zero-order chi connectivity index (χ0) is 15.0. The second kappa shape index (κ2) is 11.3. The summed E-state index contributed by atoms with van der Waals surface area (Å²) in [7, 11) is 0. The highest BCUT2D eigenvalue weighted by molar-refractivity contribution is 5.85. The molecule has 21 heavy (non-hydrogen) atoms. The van der Waals surface area contributed by atoms with Crippen LogP contribution in [0, 0.1) is 17.8 Å². The van der Waals surface area contributed by atoms with E-state index in [0.717, 1.165) is 25.9 Å². The number of amides is 1. The molecule has 0 aliphatic carbocycles. The lowest BCUT2D eigenvalue weighted by Crippen LogP contribution is -2.38. The number of piperidine rings is 1. The molecule has 1 aliphatic heterocycles. The van der Waals surface area contributed by atoms with E-state index in [9.17, 15) is 9.90 Å². The lowest BCUT2D eigenvalue weighted by molar-refractivity contribution is -0.123. The smallest absolute Gasteiger partial charge is 0.220 e. The molecule has 3 N–H and O–H groups in total. The van der Waals surface area contributed by atoms with Crippen molar-refractivity contribution in [2.45, 2.75) is 59.0 Å². The molecule has 1 saturated heterocycles. The van der Waals surface area contributed by atoms with Crippen molar-refractivity contribution in [2.24, 2.45) is 17.8 Å². The van der Waals surface area contributed by atoms with Gasteiger partial charge in [-0.1, -0.05) is 33.6 Å². The van der Waals surface area contributed by atoms with Gasteiger partial charge in [0.05, 0.1) is 6.10 Å². The van der Waals surface area contributed by atoms with E-state index >= 15 is 0 Å². The van der Waals surface area contributed by atoms with Crippen molar-refractivity contribution in [2.75, 3.05) is 19.6 Å². The van der Waals surface area contributed by atoms with Crippen LogP contribution in [0.25, 0.3) is 0 Å². The molecule has 3 atom stereocenters. The lowest BCUT2D eigenvalue weighted by atomic mass is 9.85. The fourth-order valence-electron chi connectivity index (χ4n) is 3.11. The van der Waals surface area contributed by atoms with E-state index < -0.39 is 6.10 Å². The predicted molar refractivity (Wildman–Crippen MR) is 89.7 cm³/mol. The molecule has 1 rings (SSSR count). The molecule has 0 bridgehead atoms. The highest BCUT2D eigenvalue weighted by Gasteiger charge is 2.22. The topological polar surface area (TPSA) is 61.4 Å². The van der Waals surface area contributed by atoms with Gasteiger partial charge in [-0.2, -0.15) is 0 Å². The lowest BCUT2D eigenvalue weighted by Gasteiger charge is -2.28. The number of hydrogen-bond acceptors (Lipinski definition) is 3. The molecule has 1 aliphatic rings. The first-order valence-corrected chi connectivity index (χ1v) is 8.23. The summed E-state index contributed by atoms with van der Waals surface area (Å²) in [4.78, 5) is 12.0. The molecule has 3 unspecified atom stereocenters. The van der Waals surface area contributed by atoms with Gasteiger partial charge in [-0.25, -0.2) is 0 Å². The largest absolute Gasteiger partial charge is 0.391 e. The number of aliphatic hydroxyl groups is 1. The van der Waals surface area contributed by atoms with E-state index in [2.05, 4.69) is 31.4 Å². The van der Waals surface area contributed by atoms with Crippen molar-refractivity contribution in [3.63, 3.8) is 0 Å². The first-order chi connectivity index (χ1) is 9.58. The van der Waals surface area contributed by atoms with Crippen LogP contribution in [-0.4, -0.2) is 36.8 Å². The molecule has 0 aromatic heterocycles. The van der Waals surface area contributed by atoms with E-state index in [4.69, 9.17) is 0 Å². The molecule has 5 heteroatoms. The zero-order valence-corrected chi connectivity index (χ0v) is 14.5.